The largest absolute Gasteiger partial charge is 0.490 e. The lowest BCUT2D eigenvalue weighted by Crippen LogP contribution is -2.39. The summed E-state index contributed by atoms with van der Waals surface area (Å²) in [6.45, 7) is 12.8. The van der Waals surface area contributed by atoms with Crippen LogP contribution in [0.2, 0.25) is 0 Å². The van der Waals surface area contributed by atoms with Gasteiger partial charge in [-0.15, -0.1) is 24.4 Å². The van der Waals surface area contributed by atoms with E-state index in [0.717, 1.165) is 55.3 Å². The first-order valence-electron chi connectivity index (χ1n) is 13.1. The molecule has 3 N–H and O–H groups in total. The van der Waals surface area contributed by atoms with E-state index < -0.39 is 10.9 Å². The standard InChI is InChI=1S/C24H34ClN5O.C4H4FNS.C2H2.CH3N/c1-5-19(17-23(26)27-3)18-30-15-11-22(12-16-30)31-21-9-7-20(8-10-21)29(4)24(6-2)28-14-13-25;5-7-3-1-2-6-4-7;2*1-2/h5-10,14,17,22H,3,11-13,15-16,18,26H2,1-2,4H3;1-4H;1-2H;2H,1H2/b19-5+,23-17-,24-6+,28-14-;;;. The second-order valence-corrected chi connectivity index (χ2v) is 9.82. The van der Waals surface area contributed by atoms with E-state index in [1.165, 1.54) is 10.9 Å². The molecule has 0 aromatic heterocycles. The van der Waals surface area contributed by atoms with E-state index in [2.05, 4.69) is 52.2 Å². The number of hydrogen-bond acceptors (Lipinski definition) is 8. The zero-order chi connectivity index (χ0) is 31.8. The molecule has 1 unspecified atom stereocenters. The van der Waals surface area contributed by atoms with Crippen molar-refractivity contribution < 1.29 is 8.62 Å². The highest BCUT2D eigenvalue weighted by Crippen LogP contribution is 2.25. The van der Waals surface area contributed by atoms with Crippen molar-refractivity contribution in [2.24, 2.45) is 20.7 Å². The van der Waals surface area contributed by atoms with Crippen molar-refractivity contribution >= 4 is 58.7 Å². The van der Waals surface area contributed by atoms with Crippen LogP contribution in [0.5, 0.6) is 5.75 Å². The number of likely N-dealkylation sites (tertiary alicyclic amines) is 1. The van der Waals surface area contributed by atoms with Crippen LogP contribution in [-0.4, -0.2) is 74.1 Å². The van der Waals surface area contributed by atoms with Gasteiger partial charge in [-0.25, -0.2) is 9.98 Å². The van der Waals surface area contributed by atoms with Crippen molar-refractivity contribution in [3.05, 3.63) is 72.0 Å². The molecule has 1 fully saturated rings. The number of anilines is 1. The summed E-state index contributed by atoms with van der Waals surface area (Å²) in [6, 6.07) is 8.13. The van der Waals surface area contributed by atoms with Gasteiger partial charge in [0.25, 0.3) is 0 Å². The van der Waals surface area contributed by atoms with Gasteiger partial charge in [-0.3, -0.25) is 9.89 Å². The van der Waals surface area contributed by atoms with Crippen molar-refractivity contribution in [3.8, 4) is 18.6 Å². The molecule has 1 aromatic carbocycles. The molecule has 2 heterocycles. The van der Waals surface area contributed by atoms with E-state index in [-0.39, 0.29) is 6.10 Å². The average Bonchev–Trinajstić information content (AvgIpc) is 3.04. The summed E-state index contributed by atoms with van der Waals surface area (Å²) >= 11 is 5.70. The van der Waals surface area contributed by atoms with E-state index in [9.17, 15) is 3.89 Å². The first-order valence-corrected chi connectivity index (χ1v) is 14.9. The molecule has 42 heavy (non-hydrogen) atoms. The Morgan fingerprint density at radius 2 is 1.90 bits per heavy atom. The van der Waals surface area contributed by atoms with Gasteiger partial charge in [0.2, 0.25) is 0 Å². The maximum Gasteiger partial charge on any atom is 0.127 e. The number of nitrogens with zero attached hydrogens (tertiary/aromatic N) is 5. The molecule has 0 amide bonds. The number of piperidine rings is 1. The van der Waals surface area contributed by atoms with Crippen LogP contribution in [0.25, 0.3) is 0 Å². The number of rotatable bonds is 10. The molecule has 0 radical (unpaired) electrons. The molecule has 2 aliphatic rings. The van der Waals surface area contributed by atoms with Gasteiger partial charge in [-0.2, -0.15) is 3.89 Å². The number of ether oxygens (including phenoxy) is 1. The highest BCUT2D eigenvalue weighted by molar-refractivity contribution is 8.22. The van der Waals surface area contributed by atoms with E-state index in [0.29, 0.717) is 11.7 Å². The zero-order valence-electron chi connectivity index (χ0n) is 24.7. The van der Waals surface area contributed by atoms with E-state index in [1.807, 2.05) is 62.2 Å². The summed E-state index contributed by atoms with van der Waals surface area (Å²) in [5.74, 6) is 2.59. The van der Waals surface area contributed by atoms with Crippen LogP contribution in [-0.2, 0) is 0 Å². The lowest BCUT2D eigenvalue weighted by molar-refractivity contribution is 0.106. The summed E-state index contributed by atoms with van der Waals surface area (Å²) in [5, 5.41) is 6.97. The number of allylic oxidation sites excluding steroid dienone is 3. The lowest BCUT2D eigenvalue weighted by Gasteiger charge is -2.32. The molecule has 11 heteroatoms. The normalized spacial score (nSPS) is 17.4. The van der Waals surface area contributed by atoms with Crippen molar-refractivity contribution in [1.82, 2.24) is 4.90 Å². The summed E-state index contributed by atoms with van der Waals surface area (Å²) in [5.41, 5.74) is 9.25. The van der Waals surface area contributed by atoms with Gasteiger partial charge in [0, 0.05) is 55.7 Å². The van der Waals surface area contributed by atoms with Crippen LogP contribution in [0.1, 0.15) is 26.7 Å². The summed E-state index contributed by atoms with van der Waals surface area (Å²) in [6.07, 6.45) is 21.0. The molecule has 0 saturated carbocycles. The molecule has 8 nitrogen and oxygen atoms in total. The minimum Gasteiger partial charge on any atom is -0.490 e. The fourth-order valence-electron chi connectivity index (χ4n) is 3.74. The molecule has 2 aliphatic heterocycles. The zero-order valence-corrected chi connectivity index (χ0v) is 26.3. The highest BCUT2D eigenvalue weighted by atomic mass is 35.5. The van der Waals surface area contributed by atoms with Crippen LogP contribution in [0.15, 0.2) is 87.0 Å². The number of aliphatic imine (C=N–C) groups is 3. The van der Waals surface area contributed by atoms with Crippen LogP contribution in [0, 0.1) is 18.3 Å². The van der Waals surface area contributed by atoms with Crippen LogP contribution in [0.4, 0.5) is 9.57 Å². The van der Waals surface area contributed by atoms with Gasteiger partial charge < -0.3 is 20.8 Å². The molecule has 0 spiro atoms. The SMILES string of the molecule is C#C.C=N.C=N/C(N)=C\C(=C/C)CN1CCC(Oc2ccc(N(C)C(=C/C)/N=C\CCl)cc2)CC1.FS1=CC=CN=C1. The topological polar surface area (TPSA) is 103 Å². The van der Waals surface area contributed by atoms with Gasteiger partial charge in [0.1, 0.15) is 23.5 Å². The van der Waals surface area contributed by atoms with Gasteiger partial charge in [0.05, 0.1) is 11.4 Å². The Labute approximate surface area is 258 Å². The maximum atomic E-state index is 12.0. The van der Waals surface area contributed by atoms with Gasteiger partial charge in [0.15, 0.2) is 0 Å². The number of hydrogen-bond donors (Lipinski definition) is 2. The minimum atomic E-state index is -1.19. The third-order valence-corrected chi connectivity index (χ3v) is 6.67. The number of nitrogens with two attached hydrogens (primary N) is 1. The lowest BCUT2D eigenvalue weighted by atomic mass is 10.1. The molecule has 0 aliphatic carbocycles. The maximum absolute atomic E-state index is 12.0. The predicted molar refractivity (Wildman–Crippen MR) is 186 cm³/mol. The van der Waals surface area contributed by atoms with Crippen molar-refractivity contribution in [2.75, 3.05) is 37.5 Å². The monoisotopic (exact) mass is 615 g/mol. The van der Waals surface area contributed by atoms with Crippen molar-refractivity contribution in [3.63, 3.8) is 0 Å². The van der Waals surface area contributed by atoms with E-state index in [1.54, 1.807) is 18.5 Å². The smallest absolute Gasteiger partial charge is 0.127 e. The molecule has 0 bridgehead atoms. The summed E-state index contributed by atoms with van der Waals surface area (Å²) in [7, 11) is 0.792. The first kappa shape index (κ1) is 38.2. The van der Waals surface area contributed by atoms with E-state index >= 15 is 0 Å². The fraction of sp³-hybridized carbons (Fsp3) is 0.323. The third kappa shape index (κ3) is 15.3. The number of halogens is 2. The van der Waals surface area contributed by atoms with Crippen LogP contribution >= 0.6 is 22.5 Å². The Morgan fingerprint density at radius 3 is 2.36 bits per heavy atom. The summed E-state index contributed by atoms with van der Waals surface area (Å²) < 4.78 is 18.2. The quantitative estimate of drug-likeness (QED) is 0.102. The molecular formula is C31H43ClFN7OS. The molecule has 228 valence electrons. The second-order valence-electron chi connectivity index (χ2n) is 8.40. The molecule has 1 atom stereocenters. The Morgan fingerprint density at radius 1 is 1.26 bits per heavy atom. The van der Waals surface area contributed by atoms with Crippen LogP contribution < -0.4 is 15.4 Å². The summed E-state index contributed by atoms with van der Waals surface area (Å²) in [4.78, 5) is 16.1. The third-order valence-electron chi connectivity index (χ3n) is 5.79. The molecular weight excluding hydrogens is 573 g/mol. The van der Waals surface area contributed by atoms with Crippen LogP contribution in [0.3, 0.4) is 0 Å². The average molecular weight is 616 g/mol. The van der Waals surface area contributed by atoms with Gasteiger partial charge in [-0.1, -0.05) is 6.08 Å². The Hall–Kier alpha value is -3.78. The number of benzene rings is 1. The minimum absolute atomic E-state index is 0.226. The van der Waals surface area contributed by atoms with Gasteiger partial charge >= 0.3 is 0 Å². The Kier molecular flexibility index (Phi) is 21.7. The Bertz CT molecular complexity index is 1170. The predicted octanol–water partition coefficient (Wildman–Crippen LogP) is 6.60. The molecule has 1 saturated heterocycles. The molecule has 3 rings (SSSR count). The van der Waals surface area contributed by atoms with Crippen molar-refractivity contribution in [2.45, 2.75) is 32.8 Å². The van der Waals surface area contributed by atoms with E-state index in [4.69, 9.17) is 27.5 Å². The first-order chi connectivity index (χ1) is 20.4. The van der Waals surface area contributed by atoms with Crippen molar-refractivity contribution in [1.29, 1.82) is 5.41 Å². The Balaban J connectivity index is 0.00000130. The number of nitrogens with one attached hydrogen (secondary N) is 1. The number of terminal acetylenes is 1. The number of alkyl halides is 1. The molecule has 1 aromatic rings. The second kappa shape index (κ2) is 23.9. The highest BCUT2D eigenvalue weighted by Gasteiger charge is 2.21. The van der Waals surface area contributed by atoms with Gasteiger partial charge in [-0.05, 0) is 93.6 Å². The fourth-order valence-corrected chi connectivity index (χ4v) is 4.29.